The third-order valence-electron chi connectivity index (χ3n) is 3.60. The Morgan fingerprint density at radius 2 is 2.09 bits per heavy atom. The lowest BCUT2D eigenvalue weighted by molar-refractivity contribution is 0.251. The molecule has 0 fully saturated rings. The smallest absolute Gasteiger partial charge is 0.325 e. The second kappa shape index (κ2) is 6.95. The number of nitrogens with zero attached hydrogens (tertiary/aromatic N) is 2. The van der Waals surface area contributed by atoms with Crippen LogP contribution in [0.25, 0.3) is 0 Å². The minimum atomic E-state index is -0.588. The highest BCUT2D eigenvalue weighted by Crippen LogP contribution is 2.20. The third-order valence-corrected chi connectivity index (χ3v) is 3.60. The standard InChI is InChI=1S/C14H20N6O3/c1-8(2)9(3)20-11(4-5-17-20)18-13(22)15-6-10-7-16-14(23)19-12(10)21/h4-5,7-9H,6H2,1-3H3,(H2,15,18,22)(H2,16,19,21,23). The number of nitrogens with one attached hydrogen (secondary N) is 4. The molecule has 4 N–H and O–H groups in total. The Bertz CT molecular complexity index is 788. The van der Waals surface area contributed by atoms with Gasteiger partial charge in [0, 0.05) is 12.3 Å². The number of aromatic amines is 2. The van der Waals surface area contributed by atoms with Gasteiger partial charge < -0.3 is 10.3 Å². The number of urea groups is 1. The van der Waals surface area contributed by atoms with E-state index in [1.165, 1.54) is 6.20 Å². The monoisotopic (exact) mass is 320 g/mol. The van der Waals surface area contributed by atoms with Gasteiger partial charge in [0.05, 0.1) is 24.3 Å². The Labute approximate surface area is 132 Å². The first-order valence-corrected chi connectivity index (χ1v) is 7.27. The molecular weight excluding hydrogens is 300 g/mol. The number of amides is 2. The molecule has 0 aliphatic rings. The molecule has 0 aromatic carbocycles. The third kappa shape index (κ3) is 4.09. The van der Waals surface area contributed by atoms with Gasteiger partial charge in [-0.3, -0.25) is 15.1 Å². The Hall–Kier alpha value is -2.84. The van der Waals surface area contributed by atoms with Gasteiger partial charge in [-0.2, -0.15) is 5.10 Å². The van der Waals surface area contributed by atoms with Gasteiger partial charge in [0.1, 0.15) is 5.82 Å². The van der Waals surface area contributed by atoms with Crippen LogP contribution in [-0.4, -0.2) is 25.8 Å². The first kappa shape index (κ1) is 16.5. The number of carbonyl (C=O) groups excluding carboxylic acids is 1. The van der Waals surface area contributed by atoms with E-state index in [0.29, 0.717) is 11.7 Å². The second-order valence-electron chi connectivity index (χ2n) is 5.55. The lowest BCUT2D eigenvalue weighted by atomic mass is 10.1. The van der Waals surface area contributed by atoms with Gasteiger partial charge in [-0.15, -0.1) is 0 Å². The number of rotatable bonds is 5. The van der Waals surface area contributed by atoms with E-state index in [9.17, 15) is 14.4 Å². The molecule has 23 heavy (non-hydrogen) atoms. The Morgan fingerprint density at radius 3 is 2.74 bits per heavy atom. The molecule has 2 heterocycles. The number of hydrogen-bond donors (Lipinski definition) is 4. The lowest BCUT2D eigenvalue weighted by Gasteiger charge is -2.19. The average molecular weight is 320 g/mol. The highest BCUT2D eigenvalue weighted by atomic mass is 16.2. The van der Waals surface area contributed by atoms with Crippen molar-refractivity contribution < 1.29 is 4.79 Å². The zero-order chi connectivity index (χ0) is 17.0. The average Bonchev–Trinajstić information content (AvgIpc) is 2.93. The first-order chi connectivity index (χ1) is 10.9. The fraction of sp³-hybridized carbons (Fsp3) is 0.429. The SMILES string of the molecule is CC(C)C(C)n1nccc1NC(=O)NCc1c[nH]c(=O)[nH]c1=O. The van der Waals surface area contributed by atoms with Crippen LogP contribution in [0.15, 0.2) is 28.0 Å². The van der Waals surface area contributed by atoms with E-state index in [2.05, 4.69) is 39.5 Å². The highest BCUT2D eigenvalue weighted by molar-refractivity contribution is 5.88. The van der Waals surface area contributed by atoms with Crippen LogP contribution >= 0.6 is 0 Å². The molecule has 0 aliphatic heterocycles. The molecule has 124 valence electrons. The zero-order valence-electron chi connectivity index (χ0n) is 13.2. The van der Waals surface area contributed by atoms with Crippen LogP contribution in [0.1, 0.15) is 32.4 Å². The van der Waals surface area contributed by atoms with E-state index in [1.54, 1.807) is 16.9 Å². The van der Waals surface area contributed by atoms with Crippen molar-refractivity contribution in [3.63, 3.8) is 0 Å². The molecule has 1 atom stereocenters. The van der Waals surface area contributed by atoms with Crippen LogP contribution < -0.4 is 21.9 Å². The van der Waals surface area contributed by atoms with E-state index >= 15 is 0 Å². The molecule has 2 amide bonds. The van der Waals surface area contributed by atoms with E-state index in [1.807, 2.05) is 6.92 Å². The summed E-state index contributed by atoms with van der Waals surface area (Å²) >= 11 is 0. The van der Waals surface area contributed by atoms with Gasteiger partial charge in [0.2, 0.25) is 0 Å². The molecule has 9 heteroatoms. The molecular formula is C14H20N6O3. The van der Waals surface area contributed by atoms with Crippen LogP contribution in [0.4, 0.5) is 10.6 Å². The minimum absolute atomic E-state index is 0.00812. The van der Waals surface area contributed by atoms with Crippen molar-refractivity contribution in [1.82, 2.24) is 25.1 Å². The number of anilines is 1. The Balaban J connectivity index is 1.99. The zero-order valence-corrected chi connectivity index (χ0v) is 13.2. The predicted octanol–water partition coefficient (Wildman–Crippen LogP) is 0.798. The van der Waals surface area contributed by atoms with Crippen molar-refractivity contribution in [1.29, 1.82) is 0 Å². The molecule has 0 saturated heterocycles. The van der Waals surface area contributed by atoms with Crippen molar-refractivity contribution in [2.45, 2.75) is 33.4 Å². The van der Waals surface area contributed by atoms with Crippen LogP contribution in [0.5, 0.6) is 0 Å². The number of aromatic nitrogens is 4. The number of carbonyl (C=O) groups is 1. The van der Waals surface area contributed by atoms with Crippen molar-refractivity contribution in [3.05, 3.63) is 44.9 Å². The molecule has 0 aliphatic carbocycles. The fourth-order valence-corrected chi connectivity index (χ4v) is 1.93. The molecule has 9 nitrogen and oxygen atoms in total. The van der Waals surface area contributed by atoms with Crippen molar-refractivity contribution in [2.24, 2.45) is 5.92 Å². The van der Waals surface area contributed by atoms with E-state index in [0.717, 1.165) is 0 Å². The van der Waals surface area contributed by atoms with Crippen molar-refractivity contribution >= 4 is 11.8 Å². The molecule has 0 saturated carbocycles. The largest absolute Gasteiger partial charge is 0.333 e. The quantitative estimate of drug-likeness (QED) is 0.650. The van der Waals surface area contributed by atoms with Gasteiger partial charge in [0.15, 0.2) is 0 Å². The summed E-state index contributed by atoms with van der Waals surface area (Å²) in [5.41, 5.74) is -0.869. The van der Waals surface area contributed by atoms with Gasteiger partial charge >= 0.3 is 11.7 Å². The highest BCUT2D eigenvalue weighted by Gasteiger charge is 2.15. The summed E-state index contributed by atoms with van der Waals surface area (Å²) in [5.74, 6) is 0.928. The maximum absolute atomic E-state index is 12.0. The topological polar surface area (TPSA) is 125 Å². The molecule has 1 unspecified atom stereocenters. The summed E-state index contributed by atoms with van der Waals surface area (Å²) < 4.78 is 1.73. The van der Waals surface area contributed by atoms with Gasteiger partial charge in [0.25, 0.3) is 5.56 Å². The summed E-state index contributed by atoms with van der Waals surface area (Å²) in [4.78, 5) is 38.9. The van der Waals surface area contributed by atoms with Crippen LogP contribution in [0, 0.1) is 5.92 Å². The van der Waals surface area contributed by atoms with Crippen LogP contribution in [-0.2, 0) is 6.54 Å². The summed E-state index contributed by atoms with van der Waals surface area (Å²) in [5, 5.41) is 9.47. The molecule has 0 spiro atoms. The maximum atomic E-state index is 12.0. The number of H-pyrrole nitrogens is 2. The van der Waals surface area contributed by atoms with Crippen LogP contribution in [0.3, 0.4) is 0 Å². The maximum Gasteiger partial charge on any atom is 0.325 e. The Morgan fingerprint density at radius 1 is 1.35 bits per heavy atom. The Kier molecular flexibility index (Phi) is 4.99. The van der Waals surface area contributed by atoms with Gasteiger partial charge in [-0.1, -0.05) is 13.8 Å². The van der Waals surface area contributed by atoms with E-state index in [-0.39, 0.29) is 18.2 Å². The summed E-state index contributed by atoms with van der Waals surface area (Å²) in [6.07, 6.45) is 2.88. The molecule has 0 bridgehead atoms. The summed E-state index contributed by atoms with van der Waals surface area (Å²) in [7, 11) is 0. The number of hydrogen-bond acceptors (Lipinski definition) is 4. The fourth-order valence-electron chi connectivity index (χ4n) is 1.93. The van der Waals surface area contributed by atoms with E-state index in [4.69, 9.17) is 0 Å². The molecule has 2 aromatic heterocycles. The van der Waals surface area contributed by atoms with Gasteiger partial charge in [-0.25, -0.2) is 14.3 Å². The molecule has 2 rings (SSSR count). The first-order valence-electron chi connectivity index (χ1n) is 7.27. The molecule has 2 aromatic rings. The van der Waals surface area contributed by atoms with E-state index < -0.39 is 17.3 Å². The summed E-state index contributed by atoms with van der Waals surface area (Å²) in [6.45, 7) is 6.14. The normalized spacial score (nSPS) is 12.2. The van der Waals surface area contributed by atoms with Gasteiger partial charge in [-0.05, 0) is 12.8 Å². The van der Waals surface area contributed by atoms with Crippen molar-refractivity contribution in [2.75, 3.05) is 5.32 Å². The summed E-state index contributed by atoms with van der Waals surface area (Å²) in [6, 6.07) is 1.36. The second-order valence-corrected chi connectivity index (χ2v) is 5.55. The minimum Gasteiger partial charge on any atom is -0.333 e. The predicted molar refractivity (Wildman–Crippen MR) is 85.3 cm³/mol. The van der Waals surface area contributed by atoms with Crippen LogP contribution in [0.2, 0.25) is 0 Å². The van der Waals surface area contributed by atoms with Crippen molar-refractivity contribution in [3.8, 4) is 0 Å². The lowest BCUT2D eigenvalue weighted by Crippen LogP contribution is -2.33. The molecule has 0 radical (unpaired) electrons.